The van der Waals surface area contributed by atoms with Crippen LogP contribution in [0.1, 0.15) is 6.92 Å². The molecule has 90 valence electrons. The minimum atomic E-state index is -3.77. The zero-order valence-electron chi connectivity index (χ0n) is 9.10. The predicted molar refractivity (Wildman–Crippen MR) is 71.1 cm³/mol. The Labute approximate surface area is 97.9 Å². The van der Waals surface area contributed by atoms with Crippen LogP contribution in [-0.2, 0) is 10.0 Å². The van der Waals surface area contributed by atoms with Crippen LogP contribution in [0.15, 0.2) is 23.1 Å². The SMILES string of the molecule is C/C=S(/C)Nc1ccc(N)c(S(N)(=O)=O)c1. The topological polar surface area (TPSA) is 98.2 Å². The Kier molecular flexibility index (Phi) is 3.95. The third-order valence-corrected chi connectivity index (χ3v) is 4.18. The lowest BCUT2D eigenvalue weighted by Crippen LogP contribution is -2.14. The van der Waals surface area contributed by atoms with Crippen LogP contribution in [0.4, 0.5) is 11.4 Å². The second-order valence-electron chi connectivity index (χ2n) is 3.19. The van der Waals surface area contributed by atoms with Gasteiger partial charge in [-0.25, -0.2) is 13.6 Å². The number of nitrogen functional groups attached to an aromatic ring is 1. The summed E-state index contributed by atoms with van der Waals surface area (Å²) in [5, 5.41) is 7.03. The minimum absolute atomic E-state index is 0.0504. The fourth-order valence-corrected chi connectivity index (χ4v) is 2.39. The number of anilines is 2. The van der Waals surface area contributed by atoms with E-state index in [4.69, 9.17) is 10.9 Å². The molecule has 1 rings (SSSR count). The van der Waals surface area contributed by atoms with Crippen LogP contribution in [0, 0.1) is 0 Å². The molecule has 0 aliphatic rings. The number of nitrogens with two attached hydrogens (primary N) is 2. The first kappa shape index (κ1) is 13.0. The molecule has 0 aliphatic heterocycles. The molecular weight excluding hydrogens is 246 g/mol. The van der Waals surface area contributed by atoms with Crippen molar-refractivity contribution in [3.05, 3.63) is 18.2 Å². The first-order valence-electron chi connectivity index (χ1n) is 4.48. The summed E-state index contributed by atoms with van der Waals surface area (Å²) in [5.41, 5.74) is 6.39. The monoisotopic (exact) mass is 261 g/mol. The first-order chi connectivity index (χ1) is 7.34. The molecule has 0 saturated heterocycles. The summed E-state index contributed by atoms with van der Waals surface area (Å²) >= 11 is 0. The van der Waals surface area contributed by atoms with Crippen molar-refractivity contribution in [2.45, 2.75) is 11.8 Å². The average Bonchev–Trinajstić information content (AvgIpc) is 2.19. The van der Waals surface area contributed by atoms with E-state index in [9.17, 15) is 8.42 Å². The summed E-state index contributed by atoms with van der Waals surface area (Å²) in [4.78, 5) is -0.0504. The summed E-state index contributed by atoms with van der Waals surface area (Å²) in [5.74, 6) is 0. The maximum atomic E-state index is 11.2. The van der Waals surface area contributed by atoms with Crippen LogP contribution in [0.2, 0.25) is 0 Å². The third-order valence-electron chi connectivity index (χ3n) is 1.95. The van der Waals surface area contributed by atoms with Crippen molar-refractivity contribution in [2.75, 3.05) is 16.7 Å². The summed E-state index contributed by atoms with van der Waals surface area (Å²) in [6, 6.07) is 4.68. The molecule has 1 aromatic carbocycles. The lowest BCUT2D eigenvalue weighted by molar-refractivity contribution is 0.598. The van der Waals surface area contributed by atoms with Gasteiger partial charge in [0.1, 0.15) is 4.90 Å². The molecule has 5 nitrogen and oxygen atoms in total. The van der Waals surface area contributed by atoms with Gasteiger partial charge in [-0.05, 0) is 36.7 Å². The Bertz CT molecular complexity index is 524. The smallest absolute Gasteiger partial charge is 0.240 e. The van der Waals surface area contributed by atoms with E-state index in [0.29, 0.717) is 5.69 Å². The van der Waals surface area contributed by atoms with Gasteiger partial charge in [0, 0.05) is 5.69 Å². The van der Waals surface area contributed by atoms with Crippen LogP contribution < -0.4 is 15.6 Å². The van der Waals surface area contributed by atoms with Crippen molar-refractivity contribution in [1.82, 2.24) is 0 Å². The van der Waals surface area contributed by atoms with Gasteiger partial charge >= 0.3 is 0 Å². The van der Waals surface area contributed by atoms with Crippen molar-refractivity contribution in [3.8, 4) is 0 Å². The van der Waals surface area contributed by atoms with Gasteiger partial charge in [-0.3, -0.25) is 0 Å². The van der Waals surface area contributed by atoms with Gasteiger partial charge in [-0.2, -0.15) is 0 Å². The Morgan fingerprint density at radius 3 is 2.56 bits per heavy atom. The van der Waals surface area contributed by atoms with E-state index >= 15 is 0 Å². The Morgan fingerprint density at radius 2 is 2.06 bits per heavy atom. The van der Waals surface area contributed by atoms with Crippen molar-refractivity contribution in [1.29, 1.82) is 0 Å². The number of rotatable bonds is 3. The quantitative estimate of drug-likeness (QED) is 0.557. The molecule has 5 N–H and O–H groups in total. The summed E-state index contributed by atoms with van der Waals surface area (Å²) in [7, 11) is -3.89. The molecule has 0 fully saturated rings. The van der Waals surface area contributed by atoms with Gasteiger partial charge in [0.2, 0.25) is 10.0 Å². The van der Waals surface area contributed by atoms with Gasteiger partial charge in [-0.15, -0.1) is 10.7 Å². The number of hydrogen-bond donors (Lipinski definition) is 3. The number of sulfonamides is 1. The fourth-order valence-electron chi connectivity index (χ4n) is 1.09. The van der Waals surface area contributed by atoms with Crippen LogP contribution in [0.5, 0.6) is 0 Å². The zero-order valence-corrected chi connectivity index (χ0v) is 10.7. The van der Waals surface area contributed by atoms with Crippen LogP contribution >= 0.6 is 10.7 Å². The second kappa shape index (κ2) is 4.86. The lowest BCUT2D eigenvalue weighted by atomic mass is 10.3. The fraction of sp³-hybridized carbons (Fsp3) is 0.222. The molecule has 1 aromatic rings. The highest BCUT2D eigenvalue weighted by Crippen LogP contribution is 2.23. The minimum Gasteiger partial charge on any atom is -0.398 e. The maximum absolute atomic E-state index is 11.2. The lowest BCUT2D eigenvalue weighted by Gasteiger charge is -2.10. The van der Waals surface area contributed by atoms with Crippen LogP contribution in [0.3, 0.4) is 0 Å². The predicted octanol–water partition coefficient (Wildman–Crippen LogP) is 0.964. The summed E-state index contributed by atoms with van der Waals surface area (Å²) < 4.78 is 25.6. The van der Waals surface area contributed by atoms with Crippen molar-refractivity contribution in [2.24, 2.45) is 5.14 Å². The van der Waals surface area contributed by atoms with E-state index in [-0.39, 0.29) is 21.3 Å². The molecule has 0 aliphatic carbocycles. The molecule has 0 saturated carbocycles. The molecule has 0 aromatic heterocycles. The molecular formula is C9H15N3O2S2. The van der Waals surface area contributed by atoms with E-state index in [1.807, 2.05) is 18.5 Å². The molecule has 1 atom stereocenters. The van der Waals surface area contributed by atoms with Gasteiger partial charge in [0.15, 0.2) is 0 Å². The van der Waals surface area contributed by atoms with Gasteiger partial charge in [-0.1, -0.05) is 0 Å². The summed E-state index contributed by atoms with van der Waals surface area (Å²) in [6.45, 7) is 1.92. The zero-order chi connectivity index (χ0) is 12.3. The van der Waals surface area contributed by atoms with E-state index in [1.165, 1.54) is 12.1 Å². The molecule has 0 amide bonds. The van der Waals surface area contributed by atoms with Crippen LogP contribution in [-0.4, -0.2) is 20.0 Å². The van der Waals surface area contributed by atoms with Crippen LogP contribution in [0.25, 0.3) is 0 Å². The van der Waals surface area contributed by atoms with Gasteiger partial charge < -0.3 is 10.5 Å². The Morgan fingerprint density at radius 1 is 1.44 bits per heavy atom. The molecule has 0 spiro atoms. The molecule has 0 heterocycles. The highest BCUT2D eigenvalue weighted by atomic mass is 32.2. The third kappa shape index (κ3) is 3.22. The second-order valence-corrected chi connectivity index (χ2v) is 6.51. The number of benzene rings is 1. The van der Waals surface area contributed by atoms with Gasteiger partial charge in [0.05, 0.1) is 5.69 Å². The molecule has 16 heavy (non-hydrogen) atoms. The normalized spacial score (nSPS) is 13.7. The number of nitrogens with one attached hydrogen (secondary N) is 1. The largest absolute Gasteiger partial charge is 0.398 e. The highest BCUT2D eigenvalue weighted by molar-refractivity contribution is 8.15. The number of primary sulfonamides is 1. The van der Waals surface area contributed by atoms with Crippen molar-refractivity contribution >= 4 is 37.4 Å². The molecule has 7 heteroatoms. The van der Waals surface area contributed by atoms with Crippen molar-refractivity contribution in [3.63, 3.8) is 0 Å². The standard InChI is InChI=1S/C9H15N3O2S2/c1-3-15(2)12-7-4-5-8(10)9(6-7)16(11,13)14/h3-6,12H,10H2,1-2H3,(H2,11,13,14). The van der Waals surface area contributed by atoms with Gasteiger partial charge in [0.25, 0.3) is 0 Å². The molecule has 0 bridgehead atoms. The molecule has 0 radical (unpaired) electrons. The Hall–Kier alpha value is -1.05. The average molecular weight is 261 g/mol. The van der Waals surface area contributed by atoms with E-state index in [0.717, 1.165) is 0 Å². The van der Waals surface area contributed by atoms with E-state index < -0.39 is 10.0 Å². The first-order valence-corrected chi connectivity index (χ1v) is 7.72. The van der Waals surface area contributed by atoms with E-state index in [2.05, 4.69) is 4.72 Å². The van der Waals surface area contributed by atoms with Crippen molar-refractivity contribution < 1.29 is 8.42 Å². The summed E-state index contributed by atoms with van der Waals surface area (Å²) in [6.07, 6.45) is 1.98. The highest BCUT2D eigenvalue weighted by Gasteiger charge is 2.12. The maximum Gasteiger partial charge on any atom is 0.240 e. The number of hydrogen-bond acceptors (Lipinski definition) is 4. The van der Waals surface area contributed by atoms with E-state index in [1.54, 1.807) is 6.07 Å². The molecule has 1 unspecified atom stereocenters. The Balaban J connectivity index is 3.18.